The van der Waals surface area contributed by atoms with Gasteiger partial charge in [0.05, 0.1) is 59.2 Å². The van der Waals surface area contributed by atoms with Gasteiger partial charge in [0.25, 0.3) is 0 Å². The zero-order valence-corrected chi connectivity index (χ0v) is 14.2. The van der Waals surface area contributed by atoms with Gasteiger partial charge in [-0.15, -0.1) is 0 Å². The van der Waals surface area contributed by atoms with Gasteiger partial charge in [-0.2, -0.15) is 0 Å². The Morgan fingerprint density at radius 2 is 1.08 bits per heavy atom. The Hall–Kier alpha value is -3.47. The fourth-order valence-electron chi connectivity index (χ4n) is 3.33. The monoisotopic (exact) mass is 339 g/mol. The summed E-state index contributed by atoms with van der Waals surface area (Å²) in [6.45, 7) is 1.41. The Balaban J connectivity index is 1.44. The molecule has 3 aromatic heterocycles. The van der Waals surface area contributed by atoms with Crippen molar-refractivity contribution in [2.45, 2.75) is 13.1 Å². The minimum Gasteiger partial charge on any atom is -0.324 e. The maximum atomic E-state index is 4.84. The third kappa shape index (κ3) is 2.63. The number of rotatable bonds is 4. The molecule has 0 radical (unpaired) electrons. The van der Waals surface area contributed by atoms with Crippen LogP contribution in [0, 0.1) is 0 Å². The number of hydrogen-bond donors (Lipinski definition) is 0. The number of hydrogen-bond acceptors (Lipinski definition) is 3. The second-order valence-corrected chi connectivity index (χ2v) is 6.34. The van der Waals surface area contributed by atoms with Crippen LogP contribution in [-0.2, 0) is 13.1 Å². The number of benzene rings is 2. The molecule has 0 saturated heterocycles. The summed E-state index contributed by atoms with van der Waals surface area (Å²) in [6.07, 6.45) is 3.75. The normalized spacial score (nSPS) is 11.4. The Morgan fingerprint density at radius 1 is 0.577 bits per heavy atom. The predicted molar refractivity (Wildman–Crippen MR) is 102 cm³/mol. The van der Waals surface area contributed by atoms with Gasteiger partial charge in [0, 0.05) is 0 Å². The van der Waals surface area contributed by atoms with E-state index in [1.54, 1.807) is 0 Å². The van der Waals surface area contributed by atoms with Gasteiger partial charge in [-0.3, -0.25) is 4.98 Å². The van der Waals surface area contributed by atoms with E-state index in [0.29, 0.717) is 13.1 Å². The van der Waals surface area contributed by atoms with E-state index in [2.05, 4.69) is 49.4 Å². The largest absolute Gasteiger partial charge is 0.324 e. The third-order valence-corrected chi connectivity index (χ3v) is 4.58. The lowest BCUT2D eigenvalue weighted by molar-refractivity contribution is 0.756. The fraction of sp³-hybridized carbons (Fsp3) is 0.0952. The molecule has 5 heteroatoms. The quantitative estimate of drug-likeness (QED) is 0.499. The summed E-state index contributed by atoms with van der Waals surface area (Å²) in [7, 11) is 0. The van der Waals surface area contributed by atoms with E-state index < -0.39 is 0 Å². The van der Waals surface area contributed by atoms with Gasteiger partial charge in [-0.05, 0) is 36.4 Å². The molecule has 0 saturated carbocycles. The van der Waals surface area contributed by atoms with Gasteiger partial charge in [0.2, 0.25) is 0 Å². The lowest BCUT2D eigenvalue weighted by Gasteiger charge is -2.08. The van der Waals surface area contributed by atoms with Crippen LogP contribution in [0.1, 0.15) is 11.4 Å². The molecule has 3 heterocycles. The highest BCUT2D eigenvalue weighted by Crippen LogP contribution is 2.15. The van der Waals surface area contributed by atoms with Gasteiger partial charge >= 0.3 is 0 Å². The highest BCUT2D eigenvalue weighted by atomic mass is 15.1. The Labute approximate surface area is 150 Å². The summed E-state index contributed by atoms with van der Waals surface area (Å²) in [4.78, 5) is 13.7. The van der Waals surface area contributed by atoms with E-state index in [-0.39, 0.29) is 0 Å². The Morgan fingerprint density at radius 3 is 1.62 bits per heavy atom. The number of pyridine rings is 1. The SMILES string of the molecule is c1cc(Cn2cnc3ccccc32)nc(Cn2cnc3ccccc32)c1. The molecule has 0 amide bonds. The topological polar surface area (TPSA) is 48.5 Å². The first-order chi connectivity index (χ1) is 12.9. The molecule has 0 aliphatic carbocycles. The Bertz CT molecular complexity index is 1110. The van der Waals surface area contributed by atoms with Crippen LogP contribution in [0.2, 0.25) is 0 Å². The van der Waals surface area contributed by atoms with Crippen molar-refractivity contribution < 1.29 is 0 Å². The zero-order chi connectivity index (χ0) is 17.3. The first-order valence-electron chi connectivity index (χ1n) is 8.61. The van der Waals surface area contributed by atoms with Crippen molar-refractivity contribution in [1.82, 2.24) is 24.1 Å². The van der Waals surface area contributed by atoms with Crippen molar-refractivity contribution in [3.8, 4) is 0 Å². The molecule has 2 aromatic carbocycles. The van der Waals surface area contributed by atoms with E-state index in [1.807, 2.05) is 49.1 Å². The minimum atomic E-state index is 0.707. The van der Waals surface area contributed by atoms with Crippen LogP contribution >= 0.6 is 0 Å². The maximum Gasteiger partial charge on any atom is 0.0962 e. The average Bonchev–Trinajstić information content (AvgIpc) is 3.27. The lowest BCUT2D eigenvalue weighted by Crippen LogP contribution is -2.05. The number of para-hydroxylation sites is 4. The van der Waals surface area contributed by atoms with Crippen LogP contribution in [0.3, 0.4) is 0 Å². The highest BCUT2D eigenvalue weighted by molar-refractivity contribution is 5.75. The summed E-state index contributed by atoms with van der Waals surface area (Å²) < 4.78 is 4.27. The van der Waals surface area contributed by atoms with Crippen molar-refractivity contribution in [1.29, 1.82) is 0 Å². The molecule has 5 aromatic rings. The Kier molecular flexibility index (Phi) is 3.49. The van der Waals surface area contributed by atoms with Crippen LogP contribution in [-0.4, -0.2) is 24.1 Å². The van der Waals surface area contributed by atoms with Crippen LogP contribution in [0.25, 0.3) is 22.1 Å². The summed E-state index contributed by atoms with van der Waals surface area (Å²) in [5.41, 5.74) is 6.31. The third-order valence-electron chi connectivity index (χ3n) is 4.58. The zero-order valence-electron chi connectivity index (χ0n) is 14.2. The molecule has 0 aliphatic rings. The molecular weight excluding hydrogens is 322 g/mol. The average molecular weight is 339 g/mol. The molecule has 26 heavy (non-hydrogen) atoms. The van der Waals surface area contributed by atoms with Crippen LogP contribution in [0.4, 0.5) is 0 Å². The molecule has 126 valence electrons. The van der Waals surface area contributed by atoms with E-state index in [9.17, 15) is 0 Å². The molecule has 0 N–H and O–H groups in total. The molecule has 0 fully saturated rings. The second-order valence-electron chi connectivity index (χ2n) is 6.34. The smallest absolute Gasteiger partial charge is 0.0962 e. The van der Waals surface area contributed by atoms with Crippen molar-refractivity contribution in [3.05, 3.63) is 90.8 Å². The summed E-state index contributed by atoms with van der Waals surface area (Å²) in [5.74, 6) is 0. The van der Waals surface area contributed by atoms with Gasteiger partial charge < -0.3 is 9.13 Å². The molecular formula is C21H17N5. The molecule has 0 unspecified atom stereocenters. The summed E-state index contributed by atoms with van der Waals surface area (Å²) in [6, 6.07) is 22.5. The molecule has 0 spiro atoms. The molecule has 5 nitrogen and oxygen atoms in total. The first kappa shape index (κ1) is 14.8. The van der Waals surface area contributed by atoms with Crippen molar-refractivity contribution in [2.75, 3.05) is 0 Å². The van der Waals surface area contributed by atoms with Gasteiger partial charge in [0.15, 0.2) is 0 Å². The van der Waals surface area contributed by atoms with E-state index in [0.717, 1.165) is 33.5 Å². The highest BCUT2D eigenvalue weighted by Gasteiger charge is 2.06. The van der Waals surface area contributed by atoms with Gasteiger partial charge in [-0.25, -0.2) is 9.97 Å². The molecule has 0 bridgehead atoms. The number of aromatic nitrogens is 5. The van der Waals surface area contributed by atoms with Crippen molar-refractivity contribution in [3.63, 3.8) is 0 Å². The summed E-state index contributed by atoms with van der Waals surface area (Å²) >= 11 is 0. The standard InChI is InChI=1S/C21H17N5/c1-3-10-20-18(8-1)22-14-25(20)12-16-6-5-7-17(24-16)13-26-15-23-19-9-2-4-11-21(19)26/h1-11,14-15H,12-13H2. The van der Waals surface area contributed by atoms with Crippen LogP contribution in [0.15, 0.2) is 79.4 Å². The first-order valence-corrected chi connectivity index (χ1v) is 8.61. The fourth-order valence-corrected chi connectivity index (χ4v) is 3.33. The molecule has 5 rings (SSSR count). The van der Waals surface area contributed by atoms with Gasteiger partial charge in [-0.1, -0.05) is 30.3 Å². The predicted octanol–water partition coefficient (Wildman–Crippen LogP) is 3.88. The lowest BCUT2D eigenvalue weighted by atomic mass is 10.2. The van der Waals surface area contributed by atoms with Crippen LogP contribution < -0.4 is 0 Å². The van der Waals surface area contributed by atoms with E-state index in [4.69, 9.17) is 4.98 Å². The summed E-state index contributed by atoms with van der Waals surface area (Å²) in [5, 5.41) is 0. The van der Waals surface area contributed by atoms with Crippen LogP contribution in [0.5, 0.6) is 0 Å². The maximum absolute atomic E-state index is 4.84. The number of imidazole rings is 2. The van der Waals surface area contributed by atoms with E-state index in [1.165, 1.54) is 0 Å². The minimum absolute atomic E-state index is 0.707. The number of nitrogens with zero attached hydrogens (tertiary/aromatic N) is 5. The van der Waals surface area contributed by atoms with E-state index >= 15 is 0 Å². The van der Waals surface area contributed by atoms with Gasteiger partial charge in [0.1, 0.15) is 0 Å². The molecule has 0 aliphatic heterocycles. The number of fused-ring (bicyclic) bond motifs is 2. The van der Waals surface area contributed by atoms with Crippen molar-refractivity contribution in [2.24, 2.45) is 0 Å². The molecule has 0 atom stereocenters. The van der Waals surface area contributed by atoms with Crippen molar-refractivity contribution >= 4 is 22.1 Å². The second kappa shape index (κ2) is 6.11.